The van der Waals surface area contributed by atoms with Gasteiger partial charge >= 0.3 is 0 Å². The van der Waals surface area contributed by atoms with Gasteiger partial charge < -0.3 is 18.6 Å². The monoisotopic (exact) mass is 338 g/mol. The third-order valence-electron chi connectivity index (χ3n) is 4.21. The highest BCUT2D eigenvalue weighted by molar-refractivity contribution is 5.62. The molecule has 2 aromatic heterocycles. The fraction of sp³-hybridized carbons (Fsp3) is 0.368. The van der Waals surface area contributed by atoms with Crippen LogP contribution in [0.15, 0.2) is 43.1 Å². The maximum atomic E-state index is 5.69. The number of hydrogen-bond acceptors (Lipinski definition) is 4. The second kappa shape index (κ2) is 6.63. The predicted molar refractivity (Wildman–Crippen MR) is 94.8 cm³/mol. The molecule has 0 radical (unpaired) electrons. The van der Waals surface area contributed by atoms with Gasteiger partial charge in [0.15, 0.2) is 11.5 Å². The standard InChI is InChI=1S/C19H22N4O2/c1-14(2)11-23-13-20-10-16(23)12-22-6-5-21-19(22)15-3-4-17-18(9-15)25-8-7-24-17/h3-6,9-10,13-14H,7-8,11-12H2,1-2H3. The molecule has 0 saturated heterocycles. The summed E-state index contributed by atoms with van der Waals surface area (Å²) < 4.78 is 15.6. The van der Waals surface area contributed by atoms with E-state index in [9.17, 15) is 0 Å². The van der Waals surface area contributed by atoms with Crippen molar-refractivity contribution in [1.29, 1.82) is 0 Å². The van der Waals surface area contributed by atoms with Gasteiger partial charge in [-0.15, -0.1) is 0 Å². The Kier molecular flexibility index (Phi) is 4.17. The van der Waals surface area contributed by atoms with Crippen LogP contribution in [0.3, 0.4) is 0 Å². The first-order valence-electron chi connectivity index (χ1n) is 8.61. The van der Waals surface area contributed by atoms with Crippen LogP contribution in [0.5, 0.6) is 11.5 Å². The van der Waals surface area contributed by atoms with E-state index in [0.717, 1.165) is 36.0 Å². The molecule has 0 aliphatic carbocycles. The van der Waals surface area contributed by atoms with E-state index < -0.39 is 0 Å². The fourth-order valence-electron chi connectivity index (χ4n) is 3.09. The number of fused-ring (bicyclic) bond motifs is 1. The maximum absolute atomic E-state index is 5.69. The Balaban J connectivity index is 1.62. The van der Waals surface area contributed by atoms with Crippen molar-refractivity contribution in [2.45, 2.75) is 26.9 Å². The highest BCUT2D eigenvalue weighted by Gasteiger charge is 2.15. The van der Waals surface area contributed by atoms with Crippen molar-refractivity contribution in [2.75, 3.05) is 13.2 Å². The summed E-state index contributed by atoms with van der Waals surface area (Å²) in [5.41, 5.74) is 2.19. The lowest BCUT2D eigenvalue weighted by Gasteiger charge is -2.19. The van der Waals surface area contributed by atoms with Crippen LogP contribution >= 0.6 is 0 Å². The molecule has 6 nitrogen and oxygen atoms in total. The van der Waals surface area contributed by atoms with E-state index in [1.807, 2.05) is 43.1 Å². The van der Waals surface area contributed by atoms with Gasteiger partial charge in [0.1, 0.15) is 19.0 Å². The van der Waals surface area contributed by atoms with Gasteiger partial charge in [-0.05, 0) is 24.1 Å². The minimum absolute atomic E-state index is 0.577. The lowest BCUT2D eigenvalue weighted by Crippen LogP contribution is -2.15. The molecule has 0 fully saturated rings. The number of hydrogen-bond donors (Lipinski definition) is 0. The van der Waals surface area contributed by atoms with E-state index in [1.54, 1.807) is 0 Å². The van der Waals surface area contributed by atoms with E-state index in [2.05, 4.69) is 32.9 Å². The molecule has 130 valence electrons. The van der Waals surface area contributed by atoms with Crippen LogP contribution in [0.25, 0.3) is 11.4 Å². The zero-order valence-corrected chi connectivity index (χ0v) is 14.6. The van der Waals surface area contributed by atoms with Crippen LogP contribution in [0, 0.1) is 5.92 Å². The summed E-state index contributed by atoms with van der Waals surface area (Å²) in [4.78, 5) is 8.85. The van der Waals surface area contributed by atoms with E-state index in [4.69, 9.17) is 9.47 Å². The van der Waals surface area contributed by atoms with Gasteiger partial charge in [-0.3, -0.25) is 0 Å². The molecule has 0 bridgehead atoms. The van der Waals surface area contributed by atoms with Crippen molar-refractivity contribution >= 4 is 0 Å². The maximum Gasteiger partial charge on any atom is 0.162 e. The van der Waals surface area contributed by atoms with Crippen molar-refractivity contribution in [3.05, 3.63) is 48.8 Å². The summed E-state index contributed by atoms with van der Waals surface area (Å²) in [6, 6.07) is 5.97. The van der Waals surface area contributed by atoms with Gasteiger partial charge in [-0.1, -0.05) is 13.8 Å². The summed E-state index contributed by atoms with van der Waals surface area (Å²) in [5, 5.41) is 0. The zero-order chi connectivity index (χ0) is 17.2. The highest BCUT2D eigenvalue weighted by atomic mass is 16.6. The van der Waals surface area contributed by atoms with Crippen LogP contribution in [0.4, 0.5) is 0 Å². The second-order valence-corrected chi connectivity index (χ2v) is 6.67. The molecule has 0 atom stereocenters. The topological polar surface area (TPSA) is 54.1 Å². The molecule has 0 N–H and O–H groups in total. The van der Waals surface area contributed by atoms with E-state index >= 15 is 0 Å². The van der Waals surface area contributed by atoms with E-state index in [-0.39, 0.29) is 0 Å². The van der Waals surface area contributed by atoms with E-state index in [0.29, 0.717) is 19.1 Å². The summed E-state index contributed by atoms with van der Waals surface area (Å²) >= 11 is 0. The Morgan fingerprint density at radius 3 is 2.80 bits per heavy atom. The van der Waals surface area contributed by atoms with Crippen LogP contribution in [0.2, 0.25) is 0 Å². The summed E-state index contributed by atoms with van der Waals surface area (Å²) in [5.74, 6) is 3.06. The van der Waals surface area contributed by atoms with Crippen molar-refractivity contribution in [3.8, 4) is 22.9 Å². The normalized spacial score (nSPS) is 13.4. The van der Waals surface area contributed by atoms with Gasteiger partial charge in [-0.25, -0.2) is 9.97 Å². The third kappa shape index (κ3) is 3.24. The van der Waals surface area contributed by atoms with Gasteiger partial charge in [0.25, 0.3) is 0 Å². The molecule has 0 saturated carbocycles. The minimum Gasteiger partial charge on any atom is -0.486 e. The summed E-state index contributed by atoms with van der Waals surface area (Å²) in [6.07, 6.45) is 7.65. The minimum atomic E-state index is 0.577. The zero-order valence-electron chi connectivity index (χ0n) is 14.6. The van der Waals surface area contributed by atoms with Crippen molar-refractivity contribution in [3.63, 3.8) is 0 Å². The average molecular weight is 338 g/mol. The number of benzene rings is 1. The lowest BCUT2D eigenvalue weighted by atomic mass is 10.1. The third-order valence-corrected chi connectivity index (χ3v) is 4.21. The highest BCUT2D eigenvalue weighted by Crippen LogP contribution is 2.34. The molecule has 0 amide bonds. The van der Waals surface area contributed by atoms with E-state index in [1.165, 1.54) is 5.69 Å². The molecule has 0 spiro atoms. The van der Waals surface area contributed by atoms with Crippen LogP contribution in [-0.4, -0.2) is 32.3 Å². The Bertz CT molecular complexity index is 866. The first-order chi connectivity index (χ1) is 12.2. The number of nitrogens with zero attached hydrogens (tertiary/aromatic N) is 4. The predicted octanol–water partition coefficient (Wildman–Crippen LogP) is 3.22. The van der Waals surface area contributed by atoms with Gasteiger partial charge in [0.05, 0.1) is 18.6 Å². The lowest BCUT2D eigenvalue weighted by molar-refractivity contribution is 0.171. The van der Waals surface area contributed by atoms with Crippen molar-refractivity contribution < 1.29 is 9.47 Å². The van der Waals surface area contributed by atoms with Crippen LogP contribution in [0.1, 0.15) is 19.5 Å². The molecule has 6 heteroatoms. The molecule has 1 aliphatic heterocycles. The SMILES string of the molecule is CC(C)Cn1cncc1Cn1ccnc1-c1ccc2c(c1)OCCO2. The van der Waals surface area contributed by atoms with Gasteiger partial charge in [0, 0.05) is 30.7 Å². The smallest absolute Gasteiger partial charge is 0.162 e. The summed E-state index contributed by atoms with van der Waals surface area (Å²) in [7, 11) is 0. The largest absolute Gasteiger partial charge is 0.486 e. The molecule has 3 heterocycles. The Labute approximate surface area is 147 Å². The number of aromatic nitrogens is 4. The van der Waals surface area contributed by atoms with Crippen molar-refractivity contribution in [1.82, 2.24) is 19.1 Å². The second-order valence-electron chi connectivity index (χ2n) is 6.67. The fourth-order valence-corrected chi connectivity index (χ4v) is 3.09. The molecule has 25 heavy (non-hydrogen) atoms. The average Bonchev–Trinajstić information content (AvgIpc) is 3.24. The van der Waals surface area contributed by atoms with Crippen molar-refractivity contribution in [2.24, 2.45) is 5.92 Å². The number of ether oxygens (including phenoxy) is 2. The first kappa shape index (κ1) is 15.7. The first-order valence-corrected chi connectivity index (χ1v) is 8.61. The Hall–Kier alpha value is -2.76. The Morgan fingerprint density at radius 2 is 1.96 bits per heavy atom. The molecule has 1 aliphatic rings. The number of rotatable bonds is 5. The van der Waals surface area contributed by atoms with Crippen LogP contribution < -0.4 is 9.47 Å². The Morgan fingerprint density at radius 1 is 1.12 bits per heavy atom. The molecular formula is C19H22N4O2. The number of imidazole rings is 2. The quantitative estimate of drug-likeness (QED) is 0.717. The molecular weight excluding hydrogens is 316 g/mol. The molecule has 1 aromatic carbocycles. The van der Waals surface area contributed by atoms with Crippen LogP contribution in [-0.2, 0) is 13.1 Å². The van der Waals surface area contributed by atoms with Gasteiger partial charge in [0.2, 0.25) is 0 Å². The van der Waals surface area contributed by atoms with Gasteiger partial charge in [-0.2, -0.15) is 0 Å². The molecule has 0 unspecified atom stereocenters. The molecule has 4 rings (SSSR count). The molecule has 3 aromatic rings. The summed E-state index contributed by atoms with van der Waals surface area (Å²) in [6.45, 7) is 7.29.